The quantitative estimate of drug-likeness (QED) is 0.763. The number of fused-ring (bicyclic) bond motifs is 1. The molecular formula is C14H15BrO. The summed E-state index contributed by atoms with van der Waals surface area (Å²) in [6, 6.07) is 12.6. The molecule has 2 aromatic carbocycles. The van der Waals surface area contributed by atoms with E-state index in [9.17, 15) is 0 Å². The van der Waals surface area contributed by atoms with Gasteiger partial charge in [-0.15, -0.1) is 0 Å². The van der Waals surface area contributed by atoms with Crippen molar-refractivity contribution >= 4 is 26.7 Å². The van der Waals surface area contributed by atoms with E-state index in [1.165, 1.54) is 16.3 Å². The van der Waals surface area contributed by atoms with Crippen molar-refractivity contribution in [3.05, 3.63) is 42.0 Å². The van der Waals surface area contributed by atoms with Crippen molar-refractivity contribution in [1.82, 2.24) is 0 Å². The molecule has 0 heterocycles. The number of ether oxygens (including phenoxy) is 1. The van der Waals surface area contributed by atoms with Crippen molar-refractivity contribution < 1.29 is 4.74 Å². The third-order valence-corrected chi connectivity index (χ3v) is 3.34. The van der Waals surface area contributed by atoms with Crippen LogP contribution in [-0.4, -0.2) is 12.4 Å². The van der Waals surface area contributed by atoms with Crippen LogP contribution in [0.1, 0.15) is 12.0 Å². The van der Waals surface area contributed by atoms with Gasteiger partial charge < -0.3 is 4.74 Å². The first-order chi connectivity index (χ1) is 7.86. The Morgan fingerprint density at radius 3 is 2.69 bits per heavy atom. The number of hydrogen-bond donors (Lipinski definition) is 0. The Kier molecular flexibility index (Phi) is 3.83. The fourth-order valence-electron chi connectivity index (χ4n) is 2.01. The van der Waals surface area contributed by atoms with Gasteiger partial charge in [0.05, 0.1) is 7.11 Å². The molecule has 0 aromatic heterocycles. The average Bonchev–Trinajstić information content (AvgIpc) is 2.35. The second kappa shape index (κ2) is 5.35. The van der Waals surface area contributed by atoms with Gasteiger partial charge in [-0.05, 0) is 29.7 Å². The van der Waals surface area contributed by atoms with Crippen LogP contribution in [0.15, 0.2) is 36.4 Å². The Labute approximate surface area is 105 Å². The summed E-state index contributed by atoms with van der Waals surface area (Å²) in [5.41, 5.74) is 1.32. The van der Waals surface area contributed by atoms with Crippen LogP contribution in [0.4, 0.5) is 0 Å². The molecule has 0 aliphatic rings. The minimum Gasteiger partial charge on any atom is -0.496 e. The monoisotopic (exact) mass is 278 g/mol. The van der Waals surface area contributed by atoms with Crippen LogP contribution in [-0.2, 0) is 6.42 Å². The predicted molar refractivity (Wildman–Crippen MR) is 72.6 cm³/mol. The van der Waals surface area contributed by atoms with E-state index in [-0.39, 0.29) is 0 Å². The molecule has 0 aliphatic carbocycles. The van der Waals surface area contributed by atoms with Gasteiger partial charge in [0.25, 0.3) is 0 Å². The molecule has 84 valence electrons. The number of alkyl halides is 1. The van der Waals surface area contributed by atoms with Crippen molar-refractivity contribution in [3.63, 3.8) is 0 Å². The van der Waals surface area contributed by atoms with Gasteiger partial charge in [-0.25, -0.2) is 0 Å². The Morgan fingerprint density at radius 2 is 1.94 bits per heavy atom. The SMILES string of the molecule is COc1ccc2ccccc2c1CCCBr. The molecular weight excluding hydrogens is 264 g/mol. The van der Waals surface area contributed by atoms with Crippen LogP contribution in [0.25, 0.3) is 10.8 Å². The minimum absolute atomic E-state index is 1.000. The maximum absolute atomic E-state index is 5.44. The summed E-state index contributed by atoms with van der Waals surface area (Å²) in [6.45, 7) is 0. The van der Waals surface area contributed by atoms with Crippen LogP contribution in [0, 0.1) is 0 Å². The Hall–Kier alpha value is -1.02. The molecule has 2 heteroatoms. The van der Waals surface area contributed by atoms with E-state index in [1.807, 2.05) is 0 Å². The van der Waals surface area contributed by atoms with Crippen molar-refractivity contribution in [2.24, 2.45) is 0 Å². The zero-order valence-electron chi connectivity index (χ0n) is 9.37. The lowest BCUT2D eigenvalue weighted by atomic mass is 10.00. The van der Waals surface area contributed by atoms with Crippen LogP contribution < -0.4 is 4.74 Å². The van der Waals surface area contributed by atoms with Crippen LogP contribution >= 0.6 is 15.9 Å². The van der Waals surface area contributed by atoms with Gasteiger partial charge in [-0.3, -0.25) is 0 Å². The number of hydrogen-bond acceptors (Lipinski definition) is 1. The Balaban J connectivity index is 2.54. The highest BCUT2D eigenvalue weighted by molar-refractivity contribution is 9.09. The van der Waals surface area contributed by atoms with Crippen LogP contribution in [0.5, 0.6) is 5.75 Å². The first kappa shape index (κ1) is 11.5. The molecule has 1 nitrogen and oxygen atoms in total. The lowest BCUT2D eigenvalue weighted by Crippen LogP contribution is -1.94. The van der Waals surface area contributed by atoms with Crippen molar-refractivity contribution in [2.75, 3.05) is 12.4 Å². The molecule has 2 rings (SSSR count). The molecule has 0 aliphatic heterocycles. The minimum atomic E-state index is 1.000. The van der Waals surface area contributed by atoms with E-state index in [0.29, 0.717) is 0 Å². The van der Waals surface area contributed by atoms with Gasteiger partial charge in [0.1, 0.15) is 5.75 Å². The maximum Gasteiger partial charge on any atom is 0.122 e. The smallest absolute Gasteiger partial charge is 0.122 e. The molecule has 0 unspecified atom stereocenters. The molecule has 0 fully saturated rings. The highest BCUT2D eigenvalue weighted by atomic mass is 79.9. The second-order valence-electron chi connectivity index (χ2n) is 3.76. The lowest BCUT2D eigenvalue weighted by Gasteiger charge is -2.11. The summed E-state index contributed by atoms with van der Waals surface area (Å²) in [5, 5.41) is 3.62. The van der Waals surface area contributed by atoms with Crippen molar-refractivity contribution in [1.29, 1.82) is 0 Å². The normalized spacial score (nSPS) is 10.6. The van der Waals surface area contributed by atoms with E-state index in [1.54, 1.807) is 7.11 Å². The summed E-state index contributed by atoms with van der Waals surface area (Å²) in [7, 11) is 1.74. The van der Waals surface area contributed by atoms with E-state index in [0.717, 1.165) is 23.9 Å². The first-order valence-electron chi connectivity index (χ1n) is 5.47. The van der Waals surface area contributed by atoms with Crippen LogP contribution in [0.3, 0.4) is 0 Å². The number of halogens is 1. The van der Waals surface area contributed by atoms with E-state index < -0.39 is 0 Å². The highest BCUT2D eigenvalue weighted by Gasteiger charge is 2.07. The molecule has 0 saturated carbocycles. The number of rotatable bonds is 4. The van der Waals surface area contributed by atoms with Gasteiger partial charge in [-0.2, -0.15) is 0 Å². The standard InChI is InChI=1S/C14H15BrO/c1-16-14-9-8-11-5-2-3-6-12(11)13(14)7-4-10-15/h2-3,5-6,8-9H,4,7,10H2,1H3. The topological polar surface area (TPSA) is 9.23 Å². The maximum atomic E-state index is 5.44. The van der Waals surface area contributed by atoms with Gasteiger partial charge in [0.2, 0.25) is 0 Å². The van der Waals surface area contributed by atoms with Gasteiger partial charge >= 0.3 is 0 Å². The fraction of sp³-hybridized carbons (Fsp3) is 0.286. The summed E-state index contributed by atoms with van der Waals surface area (Å²) in [6.07, 6.45) is 2.18. The summed E-state index contributed by atoms with van der Waals surface area (Å²) in [5.74, 6) is 1.000. The fourth-order valence-corrected chi connectivity index (χ4v) is 2.29. The Morgan fingerprint density at radius 1 is 1.12 bits per heavy atom. The van der Waals surface area contributed by atoms with Crippen LogP contribution in [0.2, 0.25) is 0 Å². The molecule has 0 amide bonds. The largest absolute Gasteiger partial charge is 0.496 e. The molecule has 0 saturated heterocycles. The van der Waals surface area contributed by atoms with E-state index in [4.69, 9.17) is 4.74 Å². The molecule has 0 spiro atoms. The summed E-state index contributed by atoms with van der Waals surface area (Å²) < 4.78 is 5.44. The lowest BCUT2D eigenvalue weighted by molar-refractivity contribution is 0.410. The number of methoxy groups -OCH3 is 1. The van der Waals surface area contributed by atoms with Crippen molar-refractivity contribution in [2.45, 2.75) is 12.8 Å². The third-order valence-electron chi connectivity index (χ3n) is 2.78. The zero-order chi connectivity index (χ0) is 11.4. The van der Waals surface area contributed by atoms with Crippen molar-refractivity contribution in [3.8, 4) is 5.75 Å². The molecule has 0 N–H and O–H groups in total. The van der Waals surface area contributed by atoms with E-state index >= 15 is 0 Å². The van der Waals surface area contributed by atoms with Gasteiger partial charge in [-0.1, -0.05) is 46.3 Å². The average molecular weight is 279 g/mol. The number of benzene rings is 2. The van der Waals surface area contributed by atoms with Gasteiger partial charge in [0, 0.05) is 10.9 Å². The van der Waals surface area contributed by atoms with E-state index in [2.05, 4.69) is 52.3 Å². The molecule has 16 heavy (non-hydrogen) atoms. The molecule has 0 bridgehead atoms. The molecule has 0 atom stereocenters. The van der Waals surface area contributed by atoms with Gasteiger partial charge in [0.15, 0.2) is 0 Å². The number of aryl methyl sites for hydroxylation is 1. The zero-order valence-corrected chi connectivity index (χ0v) is 11.0. The summed E-state index contributed by atoms with van der Waals surface area (Å²) in [4.78, 5) is 0. The third kappa shape index (κ3) is 2.22. The molecule has 2 aromatic rings. The Bertz CT molecular complexity index is 479. The predicted octanol–water partition coefficient (Wildman–Crippen LogP) is 4.18. The second-order valence-corrected chi connectivity index (χ2v) is 4.55. The molecule has 0 radical (unpaired) electrons. The first-order valence-corrected chi connectivity index (χ1v) is 6.59. The summed E-state index contributed by atoms with van der Waals surface area (Å²) >= 11 is 3.48. The highest BCUT2D eigenvalue weighted by Crippen LogP contribution is 2.29.